The Morgan fingerprint density at radius 2 is 2.00 bits per heavy atom. The topological polar surface area (TPSA) is 16.1 Å². The van der Waals surface area contributed by atoms with Gasteiger partial charge in [0.05, 0.1) is 5.52 Å². The van der Waals surface area contributed by atoms with E-state index in [1.165, 1.54) is 17.4 Å². The van der Waals surface area contributed by atoms with Gasteiger partial charge in [-0.25, -0.2) is 0 Å². The van der Waals surface area contributed by atoms with Crippen molar-refractivity contribution in [1.82, 2.24) is 9.88 Å². The third-order valence-corrected chi connectivity index (χ3v) is 2.79. The lowest BCUT2D eigenvalue weighted by Crippen LogP contribution is -2.13. The maximum Gasteiger partial charge on any atom is 0.0704 e. The molecule has 0 amide bonds. The Hall–Kier alpha value is -1.41. The van der Waals surface area contributed by atoms with Gasteiger partial charge >= 0.3 is 0 Å². The van der Waals surface area contributed by atoms with Crippen LogP contribution >= 0.6 is 0 Å². The highest BCUT2D eigenvalue weighted by Gasteiger charge is 2.01. The summed E-state index contributed by atoms with van der Waals surface area (Å²) in [4.78, 5) is 6.60. The van der Waals surface area contributed by atoms with Crippen LogP contribution in [0.4, 0.5) is 0 Å². The lowest BCUT2D eigenvalue weighted by atomic mass is 10.0. The molecule has 0 bridgehead atoms. The Bertz CT molecular complexity index is 458. The van der Waals surface area contributed by atoms with Gasteiger partial charge in [-0.2, -0.15) is 0 Å². The molecule has 2 heteroatoms. The van der Waals surface area contributed by atoms with Crippen molar-refractivity contribution in [1.29, 1.82) is 0 Å². The molecule has 84 valence electrons. The van der Waals surface area contributed by atoms with Gasteiger partial charge in [0.2, 0.25) is 0 Å². The minimum absolute atomic E-state index is 1.10. The Kier molecular flexibility index (Phi) is 3.52. The standard InChI is InChI=1S/C14H18N2/c1-16(2)11-5-7-12-6-3-9-14-13(12)8-4-10-15-14/h3-4,6,8-10H,5,7,11H2,1-2H3. The van der Waals surface area contributed by atoms with Crippen LogP contribution in [-0.4, -0.2) is 30.5 Å². The van der Waals surface area contributed by atoms with Crippen LogP contribution in [0, 0.1) is 0 Å². The number of fused-ring (bicyclic) bond motifs is 1. The van der Waals surface area contributed by atoms with Crippen LogP contribution in [-0.2, 0) is 6.42 Å². The summed E-state index contributed by atoms with van der Waals surface area (Å²) in [6.07, 6.45) is 4.17. The van der Waals surface area contributed by atoms with Gasteiger partial charge in [-0.05, 0) is 51.2 Å². The summed E-state index contributed by atoms with van der Waals surface area (Å²) in [6.45, 7) is 1.14. The molecule has 2 nitrogen and oxygen atoms in total. The van der Waals surface area contributed by atoms with Crippen LogP contribution in [0.5, 0.6) is 0 Å². The molecule has 0 saturated carbocycles. The number of rotatable bonds is 4. The van der Waals surface area contributed by atoms with Crippen molar-refractivity contribution < 1.29 is 0 Å². The van der Waals surface area contributed by atoms with Gasteiger partial charge in [-0.15, -0.1) is 0 Å². The van der Waals surface area contributed by atoms with Crippen LogP contribution in [0.2, 0.25) is 0 Å². The molecule has 16 heavy (non-hydrogen) atoms. The first-order valence-corrected chi connectivity index (χ1v) is 5.75. The smallest absolute Gasteiger partial charge is 0.0704 e. The van der Waals surface area contributed by atoms with Gasteiger partial charge in [0.15, 0.2) is 0 Å². The van der Waals surface area contributed by atoms with Crippen molar-refractivity contribution in [2.24, 2.45) is 0 Å². The summed E-state index contributed by atoms with van der Waals surface area (Å²) in [5.74, 6) is 0. The fourth-order valence-electron chi connectivity index (χ4n) is 1.97. The fourth-order valence-corrected chi connectivity index (χ4v) is 1.97. The van der Waals surface area contributed by atoms with Crippen LogP contribution in [0.1, 0.15) is 12.0 Å². The second-order valence-corrected chi connectivity index (χ2v) is 4.39. The third-order valence-electron chi connectivity index (χ3n) is 2.79. The zero-order chi connectivity index (χ0) is 11.4. The molecule has 0 aliphatic rings. The Morgan fingerprint density at radius 3 is 2.81 bits per heavy atom. The predicted molar refractivity (Wildman–Crippen MR) is 68.6 cm³/mol. The molecule has 0 aliphatic heterocycles. The second-order valence-electron chi connectivity index (χ2n) is 4.39. The molecule has 0 saturated heterocycles. The molecule has 1 heterocycles. The zero-order valence-electron chi connectivity index (χ0n) is 9.98. The Balaban J connectivity index is 2.17. The van der Waals surface area contributed by atoms with Crippen LogP contribution in [0.3, 0.4) is 0 Å². The van der Waals surface area contributed by atoms with Gasteiger partial charge in [0, 0.05) is 11.6 Å². The molecule has 0 unspecified atom stereocenters. The van der Waals surface area contributed by atoms with Gasteiger partial charge in [-0.3, -0.25) is 4.98 Å². The molecule has 0 fully saturated rings. The van der Waals surface area contributed by atoms with Crippen molar-refractivity contribution in [3.05, 3.63) is 42.1 Å². The molecule has 2 aromatic rings. The first-order valence-electron chi connectivity index (χ1n) is 5.75. The molecule has 0 spiro atoms. The molecule has 2 rings (SSSR count). The molecule has 0 N–H and O–H groups in total. The van der Waals surface area contributed by atoms with Crippen LogP contribution in [0.25, 0.3) is 10.9 Å². The highest BCUT2D eigenvalue weighted by Crippen LogP contribution is 2.17. The fraction of sp³-hybridized carbons (Fsp3) is 0.357. The summed E-state index contributed by atoms with van der Waals surface area (Å²) in [5, 5.41) is 1.30. The van der Waals surface area contributed by atoms with Crippen molar-refractivity contribution in [3.8, 4) is 0 Å². The van der Waals surface area contributed by atoms with E-state index in [2.05, 4.69) is 48.2 Å². The molecule has 1 aromatic heterocycles. The van der Waals surface area contributed by atoms with E-state index in [1.807, 2.05) is 12.3 Å². The normalized spacial score (nSPS) is 11.2. The summed E-state index contributed by atoms with van der Waals surface area (Å²) >= 11 is 0. The number of pyridine rings is 1. The van der Waals surface area contributed by atoms with Gasteiger partial charge in [0.25, 0.3) is 0 Å². The van der Waals surface area contributed by atoms with E-state index in [4.69, 9.17) is 0 Å². The largest absolute Gasteiger partial charge is 0.309 e. The number of nitrogens with zero attached hydrogens (tertiary/aromatic N) is 2. The molecular formula is C14H18N2. The summed E-state index contributed by atoms with van der Waals surface area (Å²) < 4.78 is 0. The SMILES string of the molecule is CN(C)CCCc1cccc2ncccc12. The van der Waals surface area contributed by atoms with E-state index < -0.39 is 0 Å². The van der Waals surface area contributed by atoms with E-state index in [9.17, 15) is 0 Å². The highest BCUT2D eigenvalue weighted by molar-refractivity contribution is 5.81. The third kappa shape index (κ3) is 2.58. The summed E-state index contributed by atoms with van der Waals surface area (Å²) in [7, 11) is 4.23. The van der Waals surface area contributed by atoms with Crippen molar-refractivity contribution >= 4 is 10.9 Å². The first kappa shape index (κ1) is 11.1. The Labute approximate surface area is 96.9 Å². The Morgan fingerprint density at radius 1 is 1.12 bits per heavy atom. The molecule has 1 aromatic carbocycles. The van der Waals surface area contributed by atoms with Gasteiger partial charge < -0.3 is 4.90 Å². The average Bonchev–Trinajstić information content (AvgIpc) is 2.29. The van der Waals surface area contributed by atoms with Crippen LogP contribution in [0.15, 0.2) is 36.5 Å². The number of aromatic nitrogens is 1. The number of benzene rings is 1. The maximum absolute atomic E-state index is 4.37. The number of aryl methyl sites for hydroxylation is 1. The van der Waals surface area contributed by atoms with E-state index in [1.54, 1.807) is 0 Å². The minimum atomic E-state index is 1.10. The average molecular weight is 214 g/mol. The summed E-state index contributed by atoms with van der Waals surface area (Å²) in [5.41, 5.74) is 2.51. The second kappa shape index (κ2) is 5.08. The van der Waals surface area contributed by atoms with E-state index in [0.29, 0.717) is 0 Å². The highest BCUT2D eigenvalue weighted by atomic mass is 15.0. The first-order chi connectivity index (χ1) is 7.77. The van der Waals surface area contributed by atoms with Crippen molar-refractivity contribution in [2.45, 2.75) is 12.8 Å². The summed E-state index contributed by atoms with van der Waals surface area (Å²) in [6, 6.07) is 10.6. The van der Waals surface area contributed by atoms with E-state index in [0.717, 1.165) is 18.5 Å². The quantitative estimate of drug-likeness (QED) is 0.778. The number of hydrogen-bond acceptors (Lipinski definition) is 2. The van der Waals surface area contributed by atoms with Gasteiger partial charge in [-0.1, -0.05) is 18.2 Å². The predicted octanol–water partition coefficient (Wildman–Crippen LogP) is 2.73. The van der Waals surface area contributed by atoms with Gasteiger partial charge in [0.1, 0.15) is 0 Å². The monoisotopic (exact) mass is 214 g/mol. The minimum Gasteiger partial charge on any atom is -0.309 e. The van der Waals surface area contributed by atoms with E-state index in [-0.39, 0.29) is 0 Å². The zero-order valence-corrected chi connectivity index (χ0v) is 9.98. The molecule has 0 atom stereocenters. The van der Waals surface area contributed by atoms with Crippen LogP contribution < -0.4 is 0 Å². The van der Waals surface area contributed by atoms with E-state index >= 15 is 0 Å². The number of hydrogen-bond donors (Lipinski definition) is 0. The lowest BCUT2D eigenvalue weighted by Gasteiger charge is -2.10. The maximum atomic E-state index is 4.37. The molecular weight excluding hydrogens is 196 g/mol. The van der Waals surface area contributed by atoms with Crippen molar-refractivity contribution in [3.63, 3.8) is 0 Å². The molecule has 0 radical (unpaired) electrons. The van der Waals surface area contributed by atoms with Crippen molar-refractivity contribution in [2.75, 3.05) is 20.6 Å². The lowest BCUT2D eigenvalue weighted by molar-refractivity contribution is 0.400. The molecule has 0 aliphatic carbocycles.